The minimum Gasteiger partial charge on any atom is -0.495 e. The number of aromatic nitrogens is 3. The molecule has 2 heterocycles. The van der Waals surface area contributed by atoms with Crippen molar-refractivity contribution in [3.05, 3.63) is 70.4 Å². The normalized spacial score (nSPS) is 10.9. The smallest absolute Gasteiger partial charge is 0.298 e. The van der Waals surface area contributed by atoms with E-state index >= 15 is 0 Å². The van der Waals surface area contributed by atoms with Crippen molar-refractivity contribution in [2.75, 3.05) is 21.3 Å². The van der Waals surface area contributed by atoms with Gasteiger partial charge in [-0.1, -0.05) is 11.6 Å². The molecule has 7 nitrogen and oxygen atoms in total. The summed E-state index contributed by atoms with van der Waals surface area (Å²) in [6, 6.07) is 10.6. The topological polar surface area (TPSA) is 67.0 Å². The molecule has 2 aromatic heterocycles. The Kier molecular flexibility index (Phi) is 4.90. The van der Waals surface area contributed by atoms with E-state index in [1.165, 1.54) is 4.57 Å². The van der Waals surface area contributed by atoms with E-state index in [0.717, 1.165) is 5.56 Å². The summed E-state index contributed by atoms with van der Waals surface area (Å²) in [6.07, 6.45) is 5.24. The van der Waals surface area contributed by atoms with Gasteiger partial charge in [0.15, 0.2) is 11.5 Å². The fourth-order valence-electron chi connectivity index (χ4n) is 3.12. The number of hydrogen-bond acceptors (Lipinski definition) is 5. The standard InChI is InChI=1S/C21H18ClN3O4/c1-27-17-7-5-14(11-15(17)22)25-9-8-24-12-16(23-20(24)21(25)26)13-4-6-18(28-2)19(10-13)29-3/h4-12H,1-3H3. The van der Waals surface area contributed by atoms with E-state index in [4.69, 9.17) is 25.8 Å². The van der Waals surface area contributed by atoms with Crippen LogP contribution in [-0.4, -0.2) is 35.3 Å². The van der Waals surface area contributed by atoms with E-state index in [2.05, 4.69) is 4.98 Å². The predicted molar refractivity (Wildman–Crippen MR) is 111 cm³/mol. The first-order valence-corrected chi connectivity index (χ1v) is 9.10. The summed E-state index contributed by atoms with van der Waals surface area (Å²) in [5, 5.41) is 0.422. The Balaban J connectivity index is 1.81. The Morgan fingerprint density at radius 2 is 1.62 bits per heavy atom. The molecular formula is C21H18ClN3O4. The van der Waals surface area contributed by atoms with Crippen LogP contribution < -0.4 is 19.8 Å². The van der Waals surface area contributed by atoms with E-state index in [1.54, 1.807) is 68.6 Å². The molecule has 0 unspecified atom stereocenters. The average molecular weight is 412 g/mol. The van der Waals surface area contributed by atoms with Crippen LogP contribution in [0.25, 0.3) is 22.6 Å². The summed E-state index contributed by atoms with van der Waals surface area (Å²) in [5.74, 6) is 1.76. The highest BCUT2D eigenvalue weighted by Crippen LogP contribution is 2.32. The van der Waals surface area contributed by atoms with Crippen LogP contribution in [0.3, 0.4) is 0 Å². The number of benzene rings is 2. The highest BCUT2D eigenvalue weighted by atomic mass is 35.5. The summed E-state index contributed by atoms with van der Waals surface area (Å²) in [4.78, 5) is 17.6. The van der Waals surface area contributed by atoms with Crippen LogP contribution in [0.15, 0.2) is 59.8 Å². The number of halogens is 1. The zero-order chi connectivity index (χ0) is 20.5. The Morgan fingerprint density at radius 1 is 0.897 bits per heavy atom. The molecule has 0 radical (unpaired) electrons. The van der Waals surface area contributed by atoms with Crippen LogP contribution >= 0.6 is 11.6 Å². The Hall–Kier alpha value is -3.45. The molecule has 0 atom stereocenters. The maximum atomic E-state index is 13.0. The van der Waals surface area contributed by atoms with Gasteiger partial charge >= 0.3 is 0 Å². The molecule has 0 saturated heterocycles. The molecule has 0 aliphatic heterocycles. The van der Waals surface area contributed by atoms with Gasteiger partial charge in [-0.25, -0.2) is 4.98 Å². The second-order valence-electron chi connectivity index (χ2n) is 6.22. The van der Waals surface area contributed by atoms with Gasteiger partial charge in [0.2, 0.25) is 5.65 Å². The summed E-state index contributed by atoms with van der Waals surface area (Å²) < 4.78 is 19.0. The lowest BCUT2D eigenvalue weighted by Crippen LogP contribution is -2.19. The first-order chi connectivity index (χ1) is 14.0. The zero-order valence-corrected chi connectivity index (χ0v) is 16.8. The summed E-state index contributed by atoms with van der Waals surface area (Å²) in [5.41, 5.74) is 2.11. The third-order valence-corrected chi connectivity index (χ3v) is 4.91. The van der Waals surface area contributed by atoms with Crippen molar-refractivity contribution in [1.29, 1.82) is 0 Å². The van der Waals surface area contributed by atoms with Gasteiger partial charge in [-0.05, 0) is 36.4 Å². The van der Waals surface area contributed by atoms with Gasteiger partial charge in [0.1, 0.15) is 5.75 Å². The number of nitrogens with zero attached hydrogens (tertiary/aromatic N) is 3. The van der Waals surface area contributed by atoms with Crippen LogP contribution in [0.1, 0.15) is 0 Å². The van der Waals surface area contributed by atoms with Gasteiger partial charge in [0.05, 0.1) is 37.7 Å². The summed E-state index contributed by atoms with van der Waals surface area (Å²) in [7, 11) is 4.69. The second-order valence-corrected chi connectivity index (χ2v) is 6.63. The molecule has 0 saturated carbocycles. The molecule has 0 aliphatic rings. The van der Waals surface area contributed by atoms with Crippen LogP contribution in [0.2, 0.25) is 5.02 Å². The first kappa shape index (κ1) is 18.9. The van der Waals surface area contributed by atoms with Crippen LogP contribution in [0.4, 0.5) is 0 Å². The highest BCUT2D eigenvalue weighted by Gasteiger charge is 2.13. The van der Waals surface area contributed by atoms with Gasteiger partial charge in [-0.2, -0.15) is 0 Å². The molecule has 2 aromatic carbocycles. The fourth-order valence-corrected chi connectivity index (χ4v) is 3.37. The number of methoxy groups -OCH3 is 3. The fraction of sp³-hybridized carbons (Fsp3) is 0.143. The van der Waals surface area contributed by atoms with Crippen molar-refractivity contribution in [2.45, 2.75) is 0 Å². The third-order valence-electron chi connectivity index (χ3n) is 4.61. The van der Waals surface area contributed by atoms with Crippen molar-refractivity contribution in [1.82, 2.24) is 14.0 Å². The molecule has 8 heteroatoms. The minimum atomic E-state index is -0.263. The quantitative estimate of drug-likeness (QED) is 0.499. The van der Waals surface area contributed by atoms with Gasteiger partial charge < -0.3 is 18.6 Å². The molecule has 0 N–H and O–H groups in total. The second kappa shape index (κ2) is 7.52. The predicted octanol–water partition coefficient (Wildman–Crippen LogP) is 3.83. The van der Waals surface area contributed by atoms with E-state index in [9.17, 15) is 4.79 Å². The molecule has 4 rings (SSSR count). The van der Waals surface area contributed by atoms with Gasteiger partial charge in [-0.3, -0.25) is 9.36 Å². The zero-order valence-electron chi connectivity index (χ0n) is 16.0. The lowest BCUT2D eigenvalue weighted by Gasteiger charge is -2.08. The monoisotopic (exact) mass is 411 g/mol. The van der Waals surface area contributed by atoms with Crippen LogP contribution in [0, 0.1) is 0 Å². The van der Waals surface area contributed by atoms with Crippen molar-refractivity contribution < 1.29 is 14.2 Å². The number of fused-ring (bicyclic) bond motifs is 1. The maximum Gasteiger partial charge on any atom is 0.298 e. The Labute approximate surface area is 171 Å². The summed E-state index contributed by atoms with van der Waals surface area (Å²) >= 11 is 6.20. The molecule has 0 bridgehead atoms. The minimum absolute atomic E-state index is 0.263. The van der Waals surface area contributed by atoms with Gasteiger partial charge in [-0.15, -0.1) is 0 Å². The van der Waals surface area contributed by atoms with E-state index in [-0.39, 0.29) is 5.56 Å². The van der Waals surface area contributed by atoms with E-state index in [1.807, 2.05) is 12.1 Å². The lowest BCUT2D eigenvalue weighted by atomic mass is 10.1. The number of hydrogen-bond donors (Lipinski definition) is 0. The van der Waals surface area contributed by atoms with Crippen molar-refractivity contribution >= 4 is 17.2 Å². The van der Waals surface area contributed by atoms with Gasteiger partial charge in [0, 0.05) is 24.2 Å². The third kappa shape index (κ3) is 3.30. The van der Waals surface area contributed by atoms with Crippen molar-refractivity contribution in [3.63, 3.8) is 0 Å². The van der Waals surface area contributed by atoms with Crippen molar-refractivity contribution in [3.8, 4) is 34.2 Å². The van der Waals surface area contributed by atoms with E-state index < -0.39 is 0 Å². The Bertz CT molecular complexity index is 1260. The molecule has 4 aromatic rings. The largest absolute Gasteiger partial charge is 0.495 e. The lowest BCUT2D eigenvalue weighted by molar-refractivity contribution is 0.355. The molecule has 0 spiro atoms. The van der Waals surface area contributed by atoms with Crippen molar-refractivity contribution in [2.24, 2.45) is 0 Å². The molecule has 0 aliphatic carbocycles. The van der Waals surface area contributed by atoms with Crippen LogP contribution in [-0.2, 0) is 0 Å². The van der Waals surface area contributed by atoms with E-state index in [0.29, 0.717) is 39.3 Å². The Morgan fingerprint density at radius 3 is 2.31 bits per heavy atom. The maximum absolute atomic E-state index is 13.0. The van der Waals surface area contributed by atoms with Crippen LogP contribution in [0.5, 0.6) is 17.2 Å². The van der Waals surface area contributed by atoms with Gasteiger partial charge in [0.25, 0.3) is 5.56 Å². The number of imidazole rings is 1. The SMILES string of the molecule is COc1ccc(-n2ccn3cc(-c4ccc(OC)c(OC)c4)nc3c2=O)cc1Cl. The highest BCUT2D eigenvalue weighted by molar-refractivity contribution is 6.32. The number of rotatable bonds is 5. The molecule has 29 heavy (non-hydrogen) atoms. The molecule has 0 amide bonds. The first-order valence-electron chi connectivity index (χ1n) is 8.72. The molecular weight excluding hydrogens is 394 g/mol. The summed E-state index contributed by atoms with van der Waals surface area (Å²) in [6.45, 7) is 0. The molecule has 148 valence electrons. The number of ether oxygens (including phenoxy) is 3. The molecule has 0 fully saturated rings. The average Bonchev–Trinajstić information content (AvgIpc) is 3.19.